The van der Waals surface area contributed by atoms with Gasteiger partial charge in [0, 0.05) is 48.2 Å². The maximum Gasteiger partial charge on any atom is 0.254 e. The Labute approximate surface area is 363 Å². The number of aromatic hydroxyl groups is 1. The number of phenolic OH excluding ortho intramolecular Hbond substituents is 1. The zero-order valence-corrected chi connectivity index (χ0v) is 34.6. The number of phenols is 1. The number of ether oxygens (including phenoxy) is 4. The number of fused-ring (bicyclic) bond motifs is 11. The molecule has 1 amide bonds. The molecule has 3 aliphatic carbocycles. The number of carbonyl (C=O) groups excluding carboxylic acids is 2. The summed E-state index contributed by atoms with van der Waals surface area (Å²) in [4.78, 5) is 34.6. The fourth-order valence-electron chi connectivity index (χ4n) is 10.4. The van der Waals surface area contributed by atoms with Crippen LogP contribution in [-0.4, -0.2) is 123 Å². The van der Waals surface area contributed by atoms with Crippen molar-refractivity contribution in [2.45, 2.75) is 80.9 Å². The van der Waals surface area contributed by atoms with E-state index in [-0.39, 0.29) is 72.1 Å². The van der Waals surface area contributed by atoms with Gasteiger partial charge in [-0.3, -0.25) is 9.59 Å². The van der Waals surface area contributed by atoms with Gasteiger partial charge in [-0.1, -0.05) is 36.8 Å². The van der Waals surface area contributed by atoms with Crippen LogP contribution < -0.4 is 9.47 Å². The number of carbonyl (C=O) groups is 2. The Morgan fingerprint density at radius 1 is 1.10 bits per heavy atom. The molecule has 14 heteroatoms. The number of aliphatic hydroxyl groups excluding tert-OH is 4. The van der Waals surface area contributed by atoms with Crippen molar-refractivity contribution in [1.82, 2.24) is 4.90 Å². The standard InChI is InChI=1S/C49H48N2O12/c1-60-38-19-33-30-13-12-26-8-4-10-28(26)40(30)42(36(54)22-51-21-27-7-2-3-9-29(27)47(51)58)44(56)41(33)45-31(38)14-16-37(34-20-50-35-15-11-25(6-5-17-52)18-32(34)35)61-23-39-43(55)46(57)49(59,24-53)48(62-39)63-45/h2-3,7,9,11-16,18-20,26,28,37,39,43,46,48,52-53,55,57,59H,4-6,8,10,17,21-24H2,1H3/p+1. The maximum atomic E-state index is 14.9. The zero-order chi connectivity index (χ0) is 43.7. The molecule has 8 atom stereocenters. The smallest absolute Gasteiger partial charge is 0.254 e. The normalized spacial score (nSPS) is 29.2. The Bertz CT molecular complexity index is 2610. The topological polar surface area (TPSA) is 208 Å². The van der Waals surface area contributed by atoms with Gasteiger partial charge in [-0.25, -0.2) is 0 Å². The predicted octanol–water partition coefficient (Wildman–Crippen LogP) is 4.45. The van der Waals surface area contributed by atoms with Gasteiger partial charge >= 0.3 is 0 Å². The van der Waals surface area contributed by atoms with Crippen LogP contribution in [0.5, 0.6) is 17.2 Å². The van der Waals surface area contributed by atoms with E-state index in [2.05, 4.69) is 11.1 Å². The lowest BCUT2D eigenvalue weighted by molar-refractivity contribution is -0.329. The average molecular weight is 858 g/mol. The first-order valence-corrected chi connectivity index (χ1v) is 21.5. The van der Waals surface area contributed by atoms with E-state index >= 15 is 0 Å². The van der Waals surface area contributed by atoms with Crippen LogP contribution in [0, 0.1) is 12.3 Å². The summed E-state index contributed by atoms with van der Waals surface area (Å²) in [5, 5.41) is 68.2. The number of aliphatic imine (C=N–C) groups is 1. The van der Waals surface area contributed by atoms with Crippen molar-refractivity contribution >= 4 is 40.8 Å². The van der Waals surface area contributed by atoms with Crippen molar-refractivity contribution < 1.29 is 59.2 Å². The van der Waals surface area contributed by atoms with Crippen molar-refractivity contribution in [2.24, 2.45) is 10.9 Å². The number of amides is 1. The average Bonchev–Trinajstić information content (AvgIpc) is 4.03. The largest absolute Gasteiger partial charge is 0.506 e. The minimum Gasteiger partial charge on any atom is -0.506 e. The van der Waals surface area contributed by atoms with Crippen LogP contribution in [0.2, 0.25) is 0 Å². The van der Waals surface area contributed by atoms with E-state index in [1.54, 1.807) is 36.6 Å². The van der Waals surface area contributed by atoms with Crippen molar-refractivity contribution in [3.8, 4) is 17.2 Å². The molecule has 2 fully saturated rings. The summed E-state index contributed by atoms with van der Waals surface area (Å²) < 4.78 is 25.4. The van der Waals surface area contributed by atoms with Crippen LogP contribution in [0.25, 0.3) is 22.9 Å². The summed E-state index contributed by atoms with van der Waals surface area (Å²) in [5.41, 5.74) is 3.53. The molecule has 7 aliphatic rings. The minimum absolute atomic E-state index is 0.0386. The van der Waals surface area contributed by atoms with Gasteiger partial charge in [-0.05, 0) is 78.5 Å². The van der Waals surface area contributed by atoms with Gasteiger partial charge in [-0.15, -0.1) is 0 Å². The molecule has 0 aromatic heterocycles. The maximum absolute atomic E-state index is 14.9. The Kier molecular flexibility index (Phi) is 10.7. The van der Waals surface area contributed by atoms with Gasteiger partial charge in [0.2, 0.25) is 6.29 Å². The third-order valence-corrected chi connectivity index (χ3v) is 13.7. The first-order chi connectivity index (χ1) is 30.5. The lowest BCUT2D eigenvalue weighted by atomic mass is 9.75. The van der Waals surface area contributed by atoms with Gasteiger partial charge in [0.05, 0.1) is 55.2 Å². The molecule has 4 aliphatic heterocycles. The fourth-order valence-corrected chi connectivity index (χ4v) is 10.4. The highest BCUT2D eigenvalue weighted by Gasteiger charge is 2.57. The summed E-state index contributed by atoms with van der Waals surface area (Å²) in [7, 11) is 1.48. The van der Waals surface area contributed by atoms with Gasteiger partial charge in [0.15, 0.2) is 17.1 Å². The Morgan fingerprint density at radius 3 is 2.71 bits per heavy atom. The second-order valence-electron chi connectivity index (χ2n) is 17.3. The van der Waals surface area contributed by atoms with Crippen molar-refractivity contribution in [3.63, 3.8) is 0 Å². The first kappa shape index (κ1) is 41.4. The van der Waals surface area contributed by atoms with E-state index < -0.39 is 54.4 Å². The summed E-state index contributed by atoms with van der Waals surface area (Å²) in [6.07, 6.45) is 11.1. The molecule has 4 heterocycles. The molecule has 63 heavy (non-hydrogen) atoms. The minimum atomic E-state index is -2.58. The third kappa shape index (κ3) is 6.74. The van der Waals surface area contributed by atoms with E-state index in [1.165, 1.54) is 12.0 Å². The van der Waals surface area contributed by atoms with Gasteiger partial charge in [-0.2, -0.15) is 4.99 Å². The summed E-state index contributed by atoms with van der Waals surface area (Å²) in [6.45, 7) is -1.42. The van der Waals surface area contributed by atoms with Crippen LogP contribution in [0.15, 0.2) is 82.0 Å². The highest BCUT2D eigenvalue weighted by molar-refractivity contribution is 6.14. The zero-order valence-electron chi connectivity index (χ0n) is 34.6. The number of nitrogens with zero attached hydrogens (tertiary/aromatic N) is 2. The van der Waals surface area contributed by atoms with Crippen LogP contribution in [0.1, 0.15) is 81.0 Å². The SMILES string of the molecule is COc1cc2c3c(c(C(=O)CN4Cc5ccccc5C4=O)c(O)c2c2c1C=CC(C1=C4[CH+]C(CCCO)=CC=C4N=C1)OCC1OC(O2)C(O)(CO)C(O)C1O)C1CCCC1C=C3. The number of benzene rings is 3. The predicted molar refractivity (Wildman–Crippen MR) is 231 cm³/mol. The molecule has 8 unspecified atom stereocenters. The monoisotopic (exact) mass is 857 g/mol. The number of hydrogen-bond acceptors (Lipinski definition) is 13. The molecule has 2 bridgehead atoms. The Balaban J connectivity index is 1.17. The van der Waals surface area contributed by atoms with Crippen molar-refractivity contribution in [1.29, 1.82) is 0 Å². The molecular weight excluding hydrogens is 809 g/mol. The molecule has 6 N–H and O–H groups in total. The summed E-state index contributed by atoms with van der Waals surface area (Å²) in [5.74, 6) is -0.933. The molecule has 3 aromatic carbocycles. The van der Waals surface area contributed by atoms with Crippen LogP contribution in [0.3, 0.4) is 0 Å². The number of hydrogen-bond donors (Lipinski definition) is 6. The second kappa shape index (κ2) is 16.2. The number of aliphatic hydroxyl groups is 5. The lowest BCUT2D eigenvalue weighted by Crippen LogP contribution is -2.69. The molecule has 0 spiro atoms. The van der Waals surface area contributed by atoms with E-state index in [9.17, 15) is 40.2 Å². The summed E-state index contributed by atoms with van der Waals surface area (Å²) >= 11 is 0. The molecule has 1 saturated carbocycles. The van der Waals surface area contributed by atoms with Gasteiger partial charge in [0.25, 0.3) is 5.91 Å². The molecule has 10 rings (SSSR count). The molecule has 0 radical (unpaired) electrons. The highest BCUT2D eigenvalue weighted by atomic mass is 16.7. The number of ketones is 1. The second-order valence-corrected chi connectivity index (χ2v) is 17.3. The Hall–Kier alpha value is -5.58. The third-order valence-electron chi connectivity index (χ3n) is 13.7. The van der Waals surface area contributed by atoms with Crippen LogP contribution >= 0.6 is 0 Å². The van der Waals surface area contributed by atoms with E-state index in [1.807, 2.05) is 36.8 Å². The van der Waals surface area contributed by atoms with Gasteiger partial charge < -0.3 is 54.5 Å². The first-order valence-electron chi connectivity index (χ1n) is 21.5. The number of allylic oxidation sites excluding steroid dienone is 5. The van der Waals surface area contributed by atoms with E-state index in [4.69, 9.17) is 18.9 Å². The lowest BCUT2D eigenvalue weighted by Gasteiger charge is -2.47. The summed E-state index contributed by atoms with van der Waals surface area (Å²) in [6, 6.07) is 8.98. The van der Waals surface area contributed by atoms with Crippen LogP contribution in [0.4, 0.5) is 0 Å². The fraction of sp³-hybridized carbons (Fsp3) is 0.388. The Morgan fingerprint density at radius 2 is 1.92 bits per heavy atom. The van der Waals surface area contributed by atoms with E-state index in [0.29, 0.717) is 46.2 Å². The molecule has 3 aromatic rings. The molecule has 1 saturated heterocycles. The molecular formula is C49H49N2O12+. The molecule has 14 nitrogen and oxygen atoms in total. The number of rotatable bonds is 9. The highest BCUT2D eigenvalue weighted by Crippen LogP contribution is 2.55. The molecule has 326 valence electrons. The van der Waals surface area contributed by atoms with Gasteiger partial charge in [0.1, 0.15) is 47.2 Å². The van der Waals surface area contributed by atoms with Crippen molar-refractivity contribution in [3.05, 3.63) is 117 Å². The van der Waals surface area contributed by atoms with Crippen LogP contribution in [-0.2, 0) is 16.0 Å². The number of Topliss-reactive ketones (excluding diaryl/α,β-unsaturated/α-hetero) is 1. The van der Waals surface area contributed by atoms with E-state index in [0.717, 1.165) is 36.0 Å². The quantitative estimate of drug-likeness (QED) is 0.130. The van der Waals surface area contributed by atoms with Crippen molar-refractivity contribution in [2.75, 3.05) is 33.5 Å². The number of methoxy groups -OCH3 is 1.